The number of benzene rings is 1. The predicted molar refractivity (Wildman–Crippen MR) is 101 cm³/mol. The fraction of sp³-hybridized carbons (Fsp3) is 0.381. The number of rotatable bonds is 6. The molecule has 1 aromatic carbocycles. The third kappa shape index (κ3) is 3.57. The van der Waals surface area contributed by atoms with Crippen LogP contribution in [0.25, 0.3) is 11.7 Å². The van der Waals surface area contributed by atoms with Crippen molar-refractivity contribution in [1.82, 2.24) is 9.88 Å². The summed E-state index contributed by atoms with van der Waals surface area (Å²) < 4.78 is 22.1. The van der Waals surface area contributed by atoms with Gasteiger partial charge in [0.05, 0.1) is 26.2 Å². The number of aryl methyl sites for hydroxylation is 1. The maximum absolute atomic E-state index is 5.78. The van der Waals surface area contributed by atoms with Crippen molar-refractivity contribution in [3.63, 3.8) is 0 Å². The van der Waals surface area contributed by atoms with Crippen LogP contribution < -0.4 is 9.47 Å². The Kier molecular flexibility index (Phi) is 4.90. The van der Waals surface area contributed by atoms with Gasteiger partial charge < -0.3 is 18.3 Å². The van der Waals surface area contributed by atoms with Crippen LogP contribution in [0, 0.1) is 6.92 Å². The van der Waals surface area contributed by atoms with Gasteiger partial charge in [0.1, 0.15) is 17.3 Å². The molecule has 6 nitrogen and oxygen atoms in total. The minimum absolute atomic E-state index is 0.409. The van der Waals surface area contributed by atoms with Gasteiger partial charge in [-0.1, -0.05) is 0 Å². The second-order valence-electron chi connectivity index (χ2n) is 6.83. The molecule has 6 heteroatoms. The van der Waals surface area contributed by atoms with Crippen LogP contribution in [-0.2, 0) is 6.54 Å². The zero-order valence-corrected chi connectivity index (χ0v) is 15.9. The molecule has 1 atom stereocenters. The fourth-order valence-electron chi connectivity index (χ4n) is 3.68. The molecule has 1 aliphatic heterocycles. The first-order valence-electron chi connectivity index (χ1n) is 9.12. The molecule has 3 heterocycles. The third-order valence-corrected chi connectivity index (χ3v) is 5.15. The Labute approximate surface area is 158 Å². The van der Waals surface area contributed by atoms with Gasteiger partial charge in [0.25, 0.3) is 5.89 Å². The summed E-state index contributed by atoms with van der Waals surface area (Å²) in [6.07, 6.45) is 2.70. The van der Waals surface area contributed by atoms with Crippen molar-refractivity contribution in [1.29, 1.82) is 0 Å². The minimum Gasteiger partial charge on any atom is -0.497 e. The molecule has 27 heavy (non-hydrogen) atoms. The van der Waals surface area contributed by atoms with E-state index in [-0.39, 0.29) is 0 Å². The topological polar surface area (TPSA) is 60.9 Å². The van der Waals surface area contributed by atoms with E-state index in [1.54, 1.807) is 20.5 Å². The van der Waals surface area contributed by atoms with Crippen LogP contribution in [0.1, 0.15) is 29.4 Å². The van der Waals surface area contributed by atoms with Gasteiger partial charge in [-0.15, -0.1) is 0 Å². The van der Waals surface area contributed by atoms with E-state index < -0.39 is 0 Å². The maximum Gasteiger partial charge on any atom is 0.263 e. The quantitative estimate of drug-likeness (QED) is 0.648. The lowest BCUT2D eigenvalue weighted by atomic mass is 9.97. The summed E-state index contributed by atoms with van der Waals surface area (Å²) in [5.74, 6) is 4.22. The van der Waals surface area contributed by atoms with Crippen LogP contribution in [0.4, 0.5) is 0 Å². The Morgan fingerprint density at radius 1 is 1.22 bits per heavy atom. The van der Waals surface area contributed by atoms with Crippen LogP contribution in [-0.4, -0.2) is 37.2 Å². The summed E-state index contributed by atoms with van der Waals surface area (Å²) in [5.41, 5.74) is 2.16. The zero-order valence-electron chi connectivity index (χ0n) is 15.9. The Hall–Kier alpha value is -2.73. The van der Waals surface area contributed by atoms with Gasteiger partial charge in [0.15, 0.2) is 5.76 Å². The standard InChI is InChI=1S/C21H24N2O4/c1-14-18(22-21(27-14)20-5-4-10-26-20)13-23-9-8-15(12-23)17-11-16(24-2)6-7-19(17)25-3/h4-7,10-11,15H,8-9,12-13H2,1-3H3/t15-/m0/s1. The molecular weight excluding hydrogens is 344 g/mol. The molecule has 1 saturated heterocycles. The number of furan rings is 1. The average molecular weight is 368 g/mol. The van der Waals surface area contributed by atoms with Crippen molar-refractivity contribution in [2.45, 2.75) is 25.8 Å². The van der Waals surface area contributed by atoms with E-state index in [2.05, 4.69) is 16.0 Å². The lowest BCUT2D eigenvalue weighted by molar-refractivity contribution is 0.319. The first-order chi connectivity index (χ1) is 13.2. The Morgan fingerprint density at radius 3 is 2.85 bits per heavy atom. The first-order valence-corrected chi connectivity index (χ1v) is 9.12. The van der Waals surface area contributed by atoms with Crippen LogP contribution in [0.3, 0.4) is 0 Å². The maximum atomic E-state index is 5.78. The highest BCUT2D eigenvalue weighted by Crippen LogP contribution is 2.36. The Balaban J connectivity index is 1.48. The highest BCUT2D eigenvalue weighted by atomic mass is 16.5. The number of likely N-dealkylation sites (tertiary alicyclic amines) is 1. The van der Waals surface area contributed by atoms with Gasteiger partial charge in [-0.05, 0) is 50.2 Å². The van der Waals surface area contributed by atoms with Crippen molar-refractivity contribution in [3.05, 3.63) is 53.6 Å². The van der Waals surface area contributed by atoms with E-state index >= 15 is 0 Å². The molecule has 0 spiro atoms. The van der Waals surface area contributed by atoms with Crippen molar-refractivity contribution < 1.29 is 18.3 Å². The predicted octanol–water partition coefficient (Wildman–Crippen LogP) is 4.25. The van der Waals surface area contributed by atoms with Crippen LogP contribution in [0.5, 0.6) is 11.5 Å². The second kappa shape index (κ2) is 7.48. The van der Waals surface area contributed by atoms with Gasteiger partial charge in [0, 0.05) is 24.6 Å². The number of oxazole rings is 1. The lowest BCUT2D eigenvalue weighted by Gasteiger charge is -2.17. The van der Waals surface area contributed by atoms with E-state index in [1.165, 1.54) is 5.56 Å². The van der Waals surface area contributed by atoms with Crippen molar-refractivity contribution in [3.8, 4) is 23.1 Å². The number of hydrogen-bond acceptors (Lipinski definition) is 6. The van der Waals surface area contributed by atoms with Crippen molar-refractivity contribution >= 4 is 0 Å². The summed E-state index contributed by atoms with van der Waals surface area (Å²) in [4.78, 5) is 7.03. The summed E-state index contributed by atoms with van der Waals surface area (Å²) in [6, 6.07) is 9.69. The van der Waals surface area contributed by atoms with Gasteiger partial charge in [-0.25, -0.2) is 4.98 Å². The average Bonchev–Trinajstić information content (AvgIpc) is 3.43. The number of methoxy groups -OCH3 is 2. The van der Waals surface area contributed by atoms with Gasteiger partial charge >= 0.3 is 0 Å². The highest BCUT2D eigenvalue weighted by Gasteiger charge is 2.28. The highest BCUT2D eigenvalue weighted by molar-refractivity contribution is 5.45. The van der Waals surface area contributed by atoms with E-state index in [9.17, 15) is 0 Å². The molecule has 0 saturated carbocycles. The molecule has 4 rings (SSSR count). The molecule has 2 aromatic heterocycles. The monoisotopic (exact) mass is 368 g/mol. The molecule has 0 N–H and O–H groups in total. The number of aromatic nitrogens is 1. The zero-order chi connectivity index (χ0) is 18.8. The minimum atomic E-state index is 0.409. The number of ether oxygens (including phenoxy) is 2. The van der Waals surface area contributed by atoms with Crippen LogP contribution >= 0.6 is 0 Å². The molecule has 3 aromatic rings. The second-order valence-corrected chi connectivity index (χ2v) is 6.83. The largest absolute Gasteiger partial charge is 0.497 e. The van der Waals surface area contributed by atoms with Gasteiger partial charge in [-0.2, -0.15) is 0 Å². The molecule has 1 fully saturated rings. The summed E-state index contributed by atoms with van der Waals surface area (Å²) in [6.45, 7) is 4.67. The first kappa shape index (κ1) is 17.7. The summed E-state index contributed by atoms with van der Waals surface area (Å²) in [5, 5.41) is 0. The Bertz CT molecular complexity index is 901. The molecule has 0 radical (unpaired) electrons. The van der Waals surface area contributed by atoms with E-state index in [1.807, 2.05) is 31.2 Å². The van der Waals surface area contributed by atoms with E-state index in [0.29, 0.717) is 17.6 Å². The molecule has 0 amide bonds. The van der Waals surface area contributed by atoms with Crippen molar-refractivity contribution in [2.24, 2.45) is 0 Å². The summed E-state index contributed by atoms with van der Waals surface area (Å²) >= 11 is 0. The smallest absolute Gasteiger partial charge is 0.263 e. The van der Waals surface area contributed by atoms with Crippen LogP contribution in [0.15, 0.2) is 45.4 Å². The molecular formula is C21H24N2O4. The molecule has 0 bridgehead atoms. The van der Waals surface area contributed by atoms with Gasteiger partial charge in [0.2, 0.25) is 0 Å². The third-order valence-electron chi connectivity index (χ3n) is 5.15. The van der Waals surface area contributed by atoms with Crippen molar-refractivity contribution in [2.75, 3.05) is 27.3 Å². The van der Waals surface area contributed by atoms with Gasteiger partial charge in [-0.3, -0.25) is 4.90 Å². The van der Waals surface area contributed by atoms with E-state index in [0.717, 1.165) is 49.0 Å². The summed E-state index contributed by atoms with van der Waals surface area (Å²) in [7, 11) is 3.41. The molecule has 1 aliphatic rings. The normalized spacial score (nSPS) is 17.4. The van der Waals surface area contributed by atoms with E-state index in [4.69, 9.17) is 18.3 Å². The molecule has 0 aliphatic carbocycles. The molecule has 0 unspecified atom stereocenters. The fourth-order valence-corrected chi connectivity index (χ4v) is 3.68. The Morgan fingerprint density at radius 2 is 2.11 bits per heavy atom. The number of nitrogens with zero attached hydrogens (tertiary/aromatic N) is 2. The SMILES string of the molecule is COc1ccc(OC)c([C@H]2CCN(Cc3nc(-c4ccco4)oc3C)C2)c1. The number of hydrogen-bond donors (Lipinski definition) is 0. The van der Waals surface area contributed by atoms with Crippen LogP contribution in [0.2, 0.25) is 0 Å². The lowest BCUT2D eigenvalue weighted by Crippen LogP contribution is -2.20. The molecule has 142 valence electrons.